The fourth-order valence-electron chi connectivity index (χ4n) is 1.73. The molecule has 0 aliphatic carbocycles. The molecule has 2 rings (SSSR count). The second kappa shape index (κ2) is 5.78. The topological polar surface area (TPSA) is 79.0 Å². The molecule has 1 unspecified atom stereocenters. The number of H-pyrrole nitrogens is 1. The predicted molar refractivity (Wildman–Crippen MR) is 77.3 cm³/mol. The molecule has 2 N–H and O–H groups in total. The van der Waals surface area contributed by atoms with Crippen molar-refractivity contribution in [3.8, 4) is 0 Å². The van der Waals surface area contributed by atoms with Gasteiger partial charge in [-0.3, -0.25) is 4.79 Å². The quantitative estimate of drug-likeness (QED) is 0.907. The Morgan fingerprint density at radius 2 is 1.85 bits per heavy atom. The third-order valence-corrected chi connectivity index (χ3v) is 4.59. The van der Waals surface area contributed by atoms with E-state index in [1.54, 1.807) is 31.2 Å². The molecule has 0 bridgehead atoms. The molecule has 0 fully saturated rings. The zero-order valence-electron chi connectivity index (χ0n) is 10.6. The Morgan fingerprint density at radius 3 is 2.45 bits per heavy atom. The van der Waals surface area contributed by atoms with Crippen LogP contribution in [0.4, 0.5) is 0 Å². The van der Waals surface area contributed by atoms with Gasteiger partial charge in [-0.15, -0.1) is 0 Å². The number of benzene rings is 1. The molecule has 1 atom stereocenters. The maximum Gasteiger partial charge on any atom is 0.246 e. The number of pyridine rings is 1. The molecule has 0 amide bonds. The van der Waals surface area contributed by atoms with Crippen LogP contribution in [-0.4, -0.2) is 13.4 Å². The monoisotopic (exact) mass is 312 g/mol. The third kappa shape index (κ3) is 3.27. The van der Waals surface area contributed by atoms with Gasteiger partial charge in [0.15, 0.2) is 0 Å². The summed E-state index contributed by atoms with van der Waals surface area (Å²) in [7, 11) is -3.88. The summed E-state index contributed by atoms with van der Waals surface area (Å²) in [5.41, 5.74) is 0.199. The van der Waals surface area contributed by atoms with E-state index < -0.39 is 21.5 Å². The molecule has 0 radical (unpaired) electrons. The van der Waals surface area contributed by atoms with Gasteiger partial charge in [0.25, 0.3) is 0 Å². The SMILES string of the molecule is CC(NS(=O)(=O)c1c[nH]ccc1=O)c1ccc(Cl)cc1. The number of aromatic nitrogens is 1. The van der Waals surface area contributed by atoms with Crippen LogP contribution in [0.5, 0.6) is 0 Å². The molecule has 0 spiro atoms. The lowest BCUT2D eigenvalue weighted by Gasteiger charge is -2.14. The summed E-state index contributed by atoms with van der Waals surface area (Å²) >= 11 is 5.78. The largest absolute Gasteiger partial charge is 0.366 e. The minimum Gasteiger partial charge on any atom is -0.366 e. The highest BCUT2D eigenvalue weighted by Crippen LogP contribution is 2.17. The Kier molecular flexibility index (Phi) is 4.27. The molecule has 106 valence electrons. The molecule has 7 heteroatoms. The first-order valence-corrected chi connectivity index (χ1v) is 7.71. The number of hydrogen-bond donors (Lipinski definition) is 2. The average molecular weight is 313 g/mol. The summed E-state index contributed by atoms with van der Waals surface area (Å²) in [6.07, 6.45) is 2.54. The first kappa shape index (κ1) is 14.8. The summed E-state index contributed by atoms with van der Waals surface area (Å²) in [6, 6.07) is 7.50. The van der Waals surface area contributed by atoms with Crippen LogP contribution in [0.25, 0.3) is 0 Å². The van der Waals surface area contributed by atoms with Crippen molar-refractivity contribution in [2.45, 2.75) is 17.9 Å². The Hall–Kier alpha value is -1.63. The molecule has 1 heterocycles. The minimum absolute atomic E-state index is 0.305. The molecular weight excluding hydrogens is 300 g/mol. The van der Waals surface area contributed by atoms with Gasteiger partial charge in [-0.2, -0.15) is 0 Å². The van der Waals surface area contributed by atoms with Crippen molar-refractivity contribution >= 4 is 21.6 Å². The zero-order chi connectivity index (χ0) is 14.8. The first-order chi connectivity index (χ1) is 9.40. The van der Waals surface area contributed by atoms with E-state index in [1.807, 2.05) is 0 Å². The van der Waals surface area contributed by atoms with E-state index in [2.05, 4.69) is 9.71 Å². The summed E-state index contributed by atoms with van der Waals surface area (Å²) in [5, 5.41) is 0.573. The Bertz CT molecular complexity index is 754. The molecule has 0 saturated carbocycles. The zero-order valence-corrected chi connectivity index (χ0v) is 12.2. The van der Waals surface area contributed by atoms with E-state index in [9.17, 15) is 13.2 Å². The normalized spacial score (nSPS) is 13.1. The van der Waals surface area contributed by atoms with Crippen molar-refractivity contribution in [2.75, 3.05) is 0 Å². The molecule has 0 saturated heterocycles. The Labute approximate surface area is 121 Å². The van der Waals surface area contributed by atoms with Gasteiger partial charge in [0, 0.05) is 29.5 Å². The number of nitrogens with one attached hydrogen (secondary N) is 2. The van der Waals surface area contributed by atoms with Gasteiger partial charge in [-0.1, -0.05) is 23.7 Å². The van der Waals surface area contributed by atoms with Crippen molar-refractivity contribution in [3.05, 3.63) is 63.5 Å². The molecule has 20 heavy (non-hydrogen) atoms. The van der Waals surface area contributed by atoms with Crippen LogP contribution in [0.1, 0.15) is 18.5 Å². The van der Waals surface area contributed by atoms with Crippen molar-refractivity contribution in [1.29, 1.82) is 0 Å². The van der Waals surface area contributed by atoms with Crippen LogP contribution in [-0.2, 0) is 10.0 Å². The molecule has 0 aliphatic rings. The predicted octanol–water partition coefficient (Wildman–Crippen LogP) is 2.07. The van der Waals surface area contributed by atoms with Crippen LogP contribution in [0.3, 0.4) is 0 Å². The van der Waals surface area contributed by atoms with E-state index in [1.165, 1.54) is 18.5 Å². The van der Waals surface area contributed by atoms with Gasteiger partial charge in [-0.05, 0) is 24.6 Å². The average Bonchev–Trinajstić information content (AvgIpc) is 2.39. The van der Waals surface area contributed by atoms with E-state index >= 15 is 0 Å². The van der Waals surface area contributed by atoms with Crippen LogP contribution in [0.15, 0.2) is 52.4 Å². The highest BCUT2D eigenvalue weighted by molar-refractivity contribution is 7.89. The molecule has 0 aliphatic heterocycles. The lowest BCUT2D eigenvalue weighted by atomic mass is 10.1. The summed E-state index contributed by atoms with van der Waals surface area (Å²) in [6.45, 7) is 1.69. The lowest BCUT2D eigenvalue weighted by molar-refractivity contribution is 0.565. The Balaban J connectivity index is 2.27. The molecule has 2 aromatic rings. The van der Waals surface area contributed by atoms with Gasteiger partial charge in [0.05, 0.1) is 0 Å². The van der Waals surface area contributed by atoms with E-state index in [0.29, 0.717) is 5.02 Å². The second-order valence-corrected chi connectivity index (χ2v) is 6.39. The molecule has 5 nitrogen and oxygen atoms in total. The Morgan fingerprint density at radius 1 is 1.20 bits per heavy atom. The van der Waals surface area contributed by atoms with Crippen molar-refractivity contribution in [2.24, 2.45) is 0 Å². The lowest BCUT2D eigenvalue weighted by Crippen LogP contribution is -2.30. The highest BCUT2D eigenvalue weighted by atomic mass is 35.5. The fraction of sp³-hybridized carbons (Fsp3) is 0.154. The van der Waals surface area contributed by atoms with Crippen molar-refractivity contribution in [3.63, 3.8) is 0 Å². The highest BCUT2D eigenvalue weighted by Gasteiger charge is 2.20. The van der Waals surface area contributed by atoms with E-state index in [-0.39, 0.29) is 4.90 Å². The maximum atomic E-state index is 12.1. The van der Waals surface area contributed by atoms with Crippen LogP contribution in [0.2, 0.25) is 5.02 Å². The molecule has 1 aromatic carbocycles. The van der Waals surface area contributed by atoms with Gasteiger partial charge in [-0.25, -0.2) is 13.1 Å². The number of hydrogen-bond acceptors (Lipinski definition) is 3. The third-order valence-electron chi connectivity index (χ3n) is 2.78. The second-order valence-electron chi connectivity index (χ2n) is 4.27. The van der Waals surface area contributed by atoms with Crippen LogP contribution in [0, 0.1) is 0 Å². The van der Waals surface area contributed by atoms with E-state index in [0.717, 1.165) is 5.56 Å². The number of sulfonamides is 1. The van der Waals surface area contributed by atoms with Crippen molar-refractivity contribution in [1.82, 2.24) is 9.71 Å². The van der Waals surface area contributed by atoms with Gasteiger partial charge < -0.3 is 4.98 Å². The maximum absolute atomic E-state index is 12.1. The standard InChI is InChI=1S/C13H13ClN2O3S/c1-9(10-2-4-11(14)5-3-10)16-20(18,19)13-8-15-7-6-12(13)17/h2-9,16H,1H3,(H,15,17). The summed E-state index contributed by atoms with van der Waals surface area (Å²) < 4.78 is 26.8. The van der Waals surface area contributed by atoms with Gasteiger partial charge in [0.1, 0.15) is 4.90 Å². The molecular formula is C13H13ClN2O3S. The van der Waals surface area contributed by atoms with Crippen LogP contribution >= 0.6 is 11.6 Å². The first-order valence-electron chi connectivity index (χ1n) is 5.85. The molecule has 1 aromatic heterocycles. The van der Waals surface area contributed by atoms with Gasteiger partial charge >= 0.3 is 0 Å². The number of aromatic amines is 1. The summed E-state index contributed by atoms with van der Waals surface area (Å²) in [5.74, 6) is 0. The smallest absolute Gasteiger partial charge is 0.246 e. The fourth-order valence-corrected chi connectivity index (χ4v) is 3.14. The van der Waals surface area contributed by atoms with Crippen LogP contribution < -0.4 is 10.2 Å². The number of rotatable bonds is 4. The van der Waals surface area contributed by atoms with Crippen molar-refractivity contribution < 1.29 is 8.42 Å². The summed E-state index contributed by atoms with van der Waals surface area (Å²) in [4.78, 5) is 13.9. The minimum atomic E-state index is -3.88. The van der Waals surface area contributed by atoms with E-state index in [4.69, 9.17) is 11.6 Å². The number of halogens is 1. The van der Waals surface area contributed by atoms with Gasteiger partial charge in [0.2, 0.25) is 15.5 Å².